The predicted molar refractivity (Wildman–Crippen MR) is 53.0 cm³/mol. The highest BCUT2D eigenvalue weighted by Crippen LogP contribution is 2.29. The highest BCUT2D eigenvalue weighted by atomic mass is 19.1. The van der Waals surface area contributed by atoms with Crippen LogP contribution in [-0.2, 0) is 12.8 Å². The maximum atomic E-state index is 13.8. The van der Waals surface area contributed by atoms with Crippen molar-refractivity contribution in [2.75, 3.05) is 13.2 Å². The molecular weight excluding hydrogens is 181 g/mol. The molecule has 1 aliphatic rings. The first-order valence-electron chi connectivity index (χ1n) is 4.96. The van der Waals surface area contributed by atoms with Gasteiger partial charge in [-0.25, -0.2) is 4.39 Å². The monoisotopic (exact) mass is 195 g/mol. The quantitative estimate of drug-likeness (QED) is 0.796. The highest BCUT2D eigenvalue weighted by Gasteiger charge is 2.18. The SMILES string of the molecule is NCCCc1ccc2c(c1F)CCO2. The molecule has 2 nitrogen and oxygen atoms in total. The van der Waals surface area contributed by atoms with E-state index in [2.05, 4.69) is 0 Å². The van der Waals surface area contributed by atoms with Crippen molar-refractivity contribution in [2.24, 2.45) is 5.73 Å². The van der Waals surface area contributed by atoms with Crippen LogP contribution in [0, 0.1) is 5.82 Å². The van der Waals surface area contributed by atoms with Crippen LogP contribution in [0.1, 0.15) is 17.5 Å². The molecule has 76 valence electrons. The van der Waals surface area contributed by atoms with E-state index in [9.17, 15) is 4.39 Å². The van der Waals surface area contributed by atoms with Gasteiger partial charge in [-0.15, -0.1) is 0 Å². The van der Waals surface area contributed by atoms with E-state index in [1.165, 1.54) is 0 Å². The third-order valence-corrected chi connectivity index (χ3v) is 2.54. The maximum absolute atomic E-state index is 13.8. The van der Waals surface area contributed by atoms with Gasteiger partial charge in [0.15, 0.2) is 0 Å². The first-order chi connectivity index (χ1) is 6.83. The standard InChI is InChI=1S/C11H14FNO/c12-11-8(2-1-6-13)3-4-10-9(11)5-7-14-10/h3-4H,1-2,5-7,13H2. The summed E-state index contributed by atoms with van der Waals surface area (Å²) in [6.07, 6.45) is 2.24. The minimum atomic E-state index is -0.0894. The van der Waals surface area contributed by atoms with Crippen molar-refractivity contribution in [3.8, 4) is 5.75 Å². The second-order valence-corrected chi connectivity index (χ2v) is 3.51. The second kappa shape index (κ2) is 3.96. The first-order valence-corrected chi connectivity index (χ1v) is 4.96. The van der Waals surface area contributed by atoms with Gasteiger partial charge in [0.2, 0.25) is 0 Å². The second-order valence-electron chi connectivity index (χ2n) is 3.51. The Bertz CT molecular complexity index is 338. The zero-order valence-corrected chi connectivity index (χ0v) is 8.05. The smallest absolute Gasteiger partial charge is 0.133 e. The molecule has 1 aromatic rings. The fourth-order valence-corrected chi connectivity index (χ4v) is 1.77. The Morgan fingerprint density at radius 2 is 2.29 bits per heavy atom. The van der Waals surface area contributed by atoms with Gasteiger partial charge in [0, 0.05) is 12.0 Å². The van der Waals surface area contributed by atoms with E-state index in [0.717, 1.165) is 24.0 Å². The number of fused-ring (bicyclic) bond motifs is 1. The lowest BCUT2D eigenvalue weighted by molar-refractivity contribution is 0.356. The normalized spacial score (nSPS) is 13.9. The Morgan fingerprint density at radius 1 is 1.43 bits per heavy atom. The number of halogens is 1. The van der Waals surface area contributed by atoms with Crippen LogP contribution in [0.4, 0.5) is 4.39 Å². The average Bonchev–Trinajstić information content (AvgIpc) is 2.66. The number of ether oxygens (including phenoxy) is 1. The van der Waals surface area contributed by atoms with Crippen molar-refractivity contribution >= 4 is 0 Å². The summed E-state index contributed by atoms with van der Waals surface area (Å²) in [5, 5.41) is 0. The number of rotatable bonds is 3. The summed E-state index contributed by atoms with van der Waals surface area (Å²) in [4.78, 5) is 0. The number of hydrogen-bond acceptors (Lipinski definition) is 2. The van der Waals surface area contributed by atoms with E-state index in [4.69, 9.17) is 10.5 Å². The van der Waals surface area contributed by atoms with Gasteiger partial charge in [0.05, 0.1) is 6.61 Å². The van der Waals surface area contributed by atoms with Crippen molar-refractivity contribution in [3.05, 3.63) is 29.1 Å². The molecule has 0 fully saturated rings. The van der Waals surface area contributed by atoms with Gasteiger partial charge >= 0.3 is 0 Å². The number of hydrogen-bond donors (Lipinski definition) is 1. The van der Waals surface area contributed by atoms with E-state index < -0.39 is 0 Å². The van der Waals surface area contributed by atoms with Crippen LogP contribution >= 0.6 is 0 Å². The van der Waals surface area contributed by atoms with E-state index >= 15 is 0 Å². The van der Waals surface area contributed by atoms with Gasteiger partial charge in [-0.2, -0.15) is 0 Å². The van der Waals surface area contributed by atoms with Crippen LogP contribution < -0.4 is 10.5 Å². The fourth-order valence-electron chi connectivity index (χ4n) is 1.77. The summed E-state index contributed by atoms with van der Waals surface area (Å²) in [5.74, 6) is 0.618. The molecule has 0 bridgehead atoms. The summed E-state index contributed by atoms with van der Waals surface area (Å²) < 4.78 is 19.1. The van der Waals surface area contributed by atoms with Gasteiger partial charge in [-0.3, -0.25) is 0 Å². The minimum absolute atomic E-state index is 0.0894. The zero-order valence-electron chi connectivity index (χ0n) is 8.05. The van der Waals surface area contributed by atoms with Gasteiger partial charge in [0.1, 0.15) is 11.6 Å². The van der Waals surface area contributed by atoms with Crippen LogP contribution in [-0.4, -0.2) is 13.2 Å². The third kappa shape index (κ3) is 1.60. The molecule has 1 heterocycles. The molecule has 0 radical (unpaired) electrons. The first kappa shape index (κ1) is 9.46. The van der Waals surface area contributed by atoms with Crippen LogP contribution in [0.15, 0.2) is 12.1 Å². The lowest BCUT2D eigenvalue weighted by atomic mass is 10.0. The molecular formula is C11H14FNO. The molecule has 0 amide bonds. The van der Waals surface area contributed by atoms with E-state index in [1.807, 2.05) is 6.07 Å². The topological polar surface area (TPSA) is 35.2 Å². The van der Waals surface area contributed by atoms with Crippen molar-refractivity contribution < 1.29 is 9.13 Å². The molecule has 14 heavy (non-hydrogen) atoms. The highest BCUT2D eigenvalue weighted by molar-refractivity contribution is 5.41. The molecule has 3 heteroatoms. The zero-order chi connectivity index (χ0) is 9.97. The molecule has 2 rings (SSSR count). The Kier molecular flexibility index (Phi) is 2.68. The number of benzene rings is 1. The molecule has 0 spiro atoms. The Hall–Kier alpha value is -1.09. The van der Waals surface area contributed by atoms with Crippen LogP contribution in [0.5, 0.6) is 5.75 Å². The van der Waals surface area contributed by atoms with Crippen molar-refractivity contribution in [2.45, 2.75) is 19.3 Å². The summed E-state index contributed by atoms with van der Waals surface area (Å²) in [7, 11) is 0. The fraction of sp³-hybridized carbons (Fsp3) is 0.455. The van der Waals surface area contributed by atoms with Crippen LogP contribution in [0.3, 0.4) is 0 Å². The summed E-state index contributed by atoms with van der Waals surface area (Å²) in [6, 6.07) is 3.66. The van der Waals surface area contributed by atoms with E-state index in [0.29, 0.717) is 25.3 Å². The summed E-state index contributed by atoms with van der Waals surface area (Å²) >= 11 is 0. The Balaban J connectivity index is 2.26. The Morgan fingerprint density at radius 3 is 3.07 bits per heavy atom. The average molecular weight is 195 g/mol. The van der Waals surface area contributed by atoms with Gasteiger partial charge in [-0.1, -0.05) is 6.07 Å². The van der Waals surface area contributed by atoms with Crippen molar-refractivity contribution in [1.82, 2.24) is 0 Å². The Labute approximate surface area is 82.9 Å². The molecule has 1 aromatic carbocycles. The lowest BCUT2D eigenvalue weighted by Gasteiger charge is -2.05. The van der Waals surface area contributed by atoms with Crippen molar-refractivity contribution in [1.29, 1.82) is 0 Å². The van der Waals surface area contributed by atoms with Crippen molar-refractivity contribution in [3.63, 3.8) is 0 Å². The molecule has 0 unspecified atom stereocenters. The molecule has 1 aliphatic heterocycles. The van der Waals surface area contributed by atoms with E-state index in [1.54, 1.807) is 6.07 Å². The van der Waals surface area contributed by atoms with Gasteiger partial charge in [-0.05, 0) is 31.0 Å². The molecule has 0 saturated carbocycles. The lowest BCUT2D eigenvalue weighted by Crippen LogP contribution is -2.02. The molecule has 0 atom stereocenters. The van der Waals surface area contributed by atoms with Crippen LogP contribution in [0.25, 0.3) is 0 Å². The van der Waals surface area contributed by atoms with Gasteiger partial charge in [0.25, 0.3) is 0 Å². The van der Waals surface area contributed by atoms with Crippen LogP contribution in [0.2, 0.25) is 0 Å². The molecule has 0 aromatic heterocycles. The van der Waals surface area contributed by atoms with Gasteiger partial charge < -0.3 is 10.5 Å². The largest absolute Gasteiger partial charge is 0.493 e. The third-order valence-electron chi connectivity index (χ3n) is 2.54. The predicted octanol–water partition coefficient (Wildman–Crippen LogP) is 1.65. The molecule has 2 N–H and O–H groups in total. The number of nitrogens with two attached hydrogens (primary N) is 1. The maximum Gasteiger partial charge on any atom is 0.133 e. The summed E-state index contributed by atoms with van der Waals surface area (Å²) in [6.45, 7) is 1.21. The number of aryl methyl sites for hydroxylation is 1. The minimum Gasteiger partial charge on any atom is -0.493 e. The molecule has 0 saturated heterocycles. The summed E-state index contributed by atoms with van der Waals surface area (Å²) in [5.41, 5.74) is 6.89. The van der Waals surface area contributed by atoms with E-state index in [-0.39, 0.29) is 5.82 Å². The molecule has 0 aliphatic carbocycles.